The van der Waals surface area contributed by atoms with Crippen LogP contribution in [0.3, 0.4) is 0 Å². The van der Waals surface area contributed by atoms with E-state index < -0.39 is 12.2 Å². The smallest absolute Gasteiger partial charge is 0.105 e. The lowest BCUT2D eigenvalue weighted by atomic mass is 10.0. The summed E-state index contributed by atoms with van der Waals surface area (Å²) >= 11 is 4.02. The Hall–Kier alpha value is -0.710. The third kappa shape index (κ3) is 3.41. The first-order valence-corrected chi connectivity index (χ1v) is 5.57. The van der Waals surface area contributed by atoms with Gasteiger partial charge in [-0.05, 0) is 29.9 Å². The minimum Gasteiger partial charge on any atom is -0.390 e. The van der Waals surface area contributed by atoms with Crippen molar-refractivity contribution >= 4 is 18.3 Å². The molecule has 0 amide bonds. The lowest BCUT2D eigenvalue weighted by molar-refractivity contribution is 0.0173. The van der Waals surface area contributed by atoms with Crippen molar-refractivity contribution in [2.24, 2.45) is 0 Å². The zero-order valence-corrected chi connectivity index (χ0v) is 9.61. The molecule has 1 rings (SSSR count). The number of aliphatic hydroxyl groups is 2. The van der Waals surface area contributed by atoms with Gasteiger partial charge in [-0.2, -0.15) is 12.6 Å². The molecule has 0 aliphatic rings. The zero-order valence-electron chi connectivity index (χ0n) is 8.72. The summed E-state index contributed by atoms with van der Waals surface area (Å²) in [5.41, 5.74) is 1.64. The number of nitrogens with one attached hydrogen (secondary N) is 1. The summed E-state index contributed by atoms with van der Waals surface area (Å²) in [5, 5.41) is 22.4. The molecule has 0 aliphatic carbocycles. The average molecular weight is 227 g/mol. The maximum absolute atomic E-state index is 9.83. The Morgan fingerprint density at radius 3 is 2.73 bits per heavy atom. The molecule has 3 nitrogen and oxygen atoms in total. The van der Waals surface area contributed by atoms with E-state index in [0.29, 0.717) is 12.2 Å². The van der Waals surface area contributed by atoms with Crippen LogP contribution in [0.4, 0.5) is 5.69 Å². The van der Waals surface area contributed by atoms with Crippen LogP contribution in [0.15, 0.2) is 24.3 Å². The first kappa shape index (κ1) is 12.4. The molecule has 3 N–H and O–H groups in total. The van der Waals surface area contributed by atoms with Gasteiger partial charge in [0.15, 0.2) is 0 Å². The quantitative estimate of drug-likeness (QED) is 0.576. The Morgan fingerprint density at radius 1 is 1.40 bits per heavy atom. The highest BCUT2D eigenvalue weighted by Crippen LogP contribution is 2.21. The van der Waals surface area contributed by atoms with Gasteiger partial charge in [-0.15, -0.1) is 0 Å². The number of thiol groups is 1. The van der Waals surface area contributed by atoms with Crippen LogP contribution < -0.4 is 5.32 Å². The maximum atomic E-state index is 9.83. The zero-order chi connectivity index (χ0) is 11.3. The summed E-state index contributed by atoms with van der Waals surface area (Å²) in [6.45, 7) is 0. The molecular weight excluding hydrogens is 210 g/mol. The standard InChI is InChI=1S/C11H17NO2S/c1-12-9-4-2-3-8(7-9)11(14)10(13)5-6-15/h2-4,7,10-15H,5-6H2,1H3. The van der Waals surface area contributed by atoms with Crippen molar-refractivity contribution in [3.8, 4) is 0 Å². The van der Waals surface area contributed by atoms with Crippen molar-refractivity contribution in [2.75, 3.05) is 18.1 Å². The van der Waals surface area contributed by atoms with Gasteiger partial charge in [0, 0.05) is 12.7 Å². The summed E-state index contributed by atoms with van der Waals surface area (Å²) < 4.78 is 0. The summed E-state index contributed by atoms with van der Waals surface area (Å²) in [5.74, 6) is 0.559. The number of hydrogen-bond acceptors (Lipinski definition) is 4. The fourth-order valence-electron chi connectivity index (χ4n) is 1.39. The second-order valence-electron chi connectivity index (χ2n) is 3.40. The van der Waals surface area contributed by atoms with Gasteiger partial charge in [0.2, 0.25) is 0 Å². The van der Waals surface area contributed by atoms with Gasteiger partial charge in [0.1, 0.15) is 6.10 Å². The van der Waals surface area contributed by atoms with E-state index >= 15 is 0 Å². The van der Waals surface area contributed by atoms with Crippen LogP contribution in [0.1, 0.15) is 18.1 Å². The van der Waals surface area contributed by atoms with E-state index in [4.69, 9.17) is 0 Å². The highest BCUT2D eigenvalue weighted by molar-refractivity contribution is 7.80. The lowest BCUT2D eigenvalue weighted by Gasteiger charge is -2.17. The molecule has 1 aromatic rings. The Kier molecular flexibility index (Phi) is 4.94. The second-order valence-corrected chi connectivity index (χ2v) is 3.85. The molecule has 84 valence electrons. The van der Waals surface area contributed by atoms with Crippen molar-refractivity contribution in [1.29, 1.82) is 0 Å². The number of aliphatic hydroxyl groups excluding tert-OH is 2. The molecule has 0 radical (unpaired) electrons. The van der Waals surface area contributed by atoms with Crippen molar-refractivity contribution < 1.29 is 10.2 Å². The molecule has 2 unspecified atom stereocenters. The normalized spacial score (nSPS) is 14.7. The molecule has 0 bridgehead atoms. The van der Waals surface area contributed by atoms with Crippen molar-refractivity contribution in [3.05, 3.63) is 29.8 Å². The monoisotopic (exact) mass is 227 g/mol. The van der Waals surface area contributed by atoms with E-state index in [2.05, 4.69) is 17.9 Å². The number of benzene rings is 1. The molecule has 2 atom stereocenters. The van der Waals surface area contributed by atoms with Gasteiger partial charge in [-0.3, -0.25) is 0 Å². The molecule has 0 spiro atoms. The van der Waals surface area contributed by atoms with Gasteiger partial charge in [0.25, 0.3) is 0 Å². The van der Waals surface area contributed by atoms with Gasteiger partial charge < -0.3 is 15.5 Å². The van der Waals surface area contributed by atoms with E-state index in [0.717, 1.165) is 11.3 Å². The van der Waals surface area contributed by atoms with Crippen molar-refractivity contribution in [3.63, 3.8) is 0 Å². The fourth-order valence-corrected chi connectivity index (χ4v) is 1.65. The van der Waals surface area contributed by atoms with Crippen LogP contribution in [0.25, 0.3) is 0 Å². The highest BCUT2D eigenvalue weighted by Gasteiger charge is 2.17. The van der Waals surface area contributed by atoms with Crippen LogP contribution in [0.2, 0.25) is 0 Å². The van der Waals surface area contributed by atoms with Crippen LogP contribution in [-0.4, -0.2) is 29.1 Å². The fraction of sp³-hybridized carbons (Fsp3) is 0.455. The average Bonchev–Trinajstić information content (AvgIpc) is 2.28. The van der Waals surface area contributed by atoms with Crippen LogP contribution >= 0.6 is 12.6 Å². The molecular formula is C11H17NO2S. The van der Waals surface area contributed by atoms with E-state index in [1.807, 2.05) is 25.2 Å². The molecule has 0 saturated heterocycles. The van der Waals surface area contributed by atoms with E-state index in [1.165, 1.54) is 0 Å². The van der Waals surface area contributed by atoms with Gasteiger partial charge >= 0.3 is 0 Å². The lowest BCUT2D eigenvalue weighted by Crippen LogP contribution is -2.18. The van der Waals surface area contributed by atoms with Crippen molar-refractivity contribution in [1.82, 2.24) is 0 Å². The molecule has 0 aliphatic heterocycles. The number of rotatable bonds is 5. The van der Waals surface area contributed by atoms with Gasteiger partial charge in [-0.25, -0.2) is 0 Å². The Morgan fingerprint density at radius 2 is 2.13 bits per heavy atom. The van der Waals surface area contributed by atoms with Crippen LogP contribution in [0, 0.1) is 0 Å². The second kappa shape index (κ2) is 6.00. The SMILES string of the molecule is CNc1cccc(C(O)C(O)CCS)c1. The first-order valence-electron chi connectivity index (χ1n) is 4.93. The maximum Gasteiger partial charge on any atom is 0.105 e. The van der Waals surface area contributed by atoms with Gasteiger partial charge in [0.05, 0.1) is 6.10 Å². The summed E-state index contributed by atoms with van der Waals surface area (Å²) in [7, 11) is 1.82. The first-order chi connectivity index (χ1) is 7.19. The summed E-state index contributed by atoms with van der Waals surface area (Å²) in [4.78, 5) is 0. The molecule has 15 heavy (non-hydrogen) atoms. The number of hydrogen-bond donors (Lipinski definition) is 4. The predicted molar refractivity (Wildman–Crippen MR) is 65.4 cm³/mol. The molecule has 0 aromatic heterocycles. The Labute approximate surface area is 95.5 Å². The molecule has 0 heterocycles. The predicted octanol–water partition coefficient (Wildman–Crippen LogP) is 1.44. The summed E-state index contributed by atoms with van der Waals surface area (Å²) in [6, 6.07) is 7.37. The van der Waals surface area contributed by atoms with Gasteiger partial charge in [-0.1, -0.05) is 12.1 Å². The topological polar surface area (TPSA) is 52.5 Å². The van der Waals surface area contributed by atoms with Crippen LogP contribution in [-0.2, 0) is 0 Å². The van der Waals surface area contributed by atoms with E-state index in [-0.39, 0.29) is 0 Å². The third-order valence-corrected chi connectivity index (χ3v) is 2.56. The Balaban J connectivity index is 2.76. The third-order valence-electron chi connectivity index (χ3n) is 2.31. The number of anilines is 1. The minimum absolute atomic E-state index is 0.480. The largest absolute Gasteiger partial charge is 0.390 e. The van der Waals surface area contributed by atoms with Crippen LogP contribution in [0.5, 0.6) is 0 Å². The molecule has 4 heteroatoms. The Bertz CT molecular complexity index is 306. The molecule has 1 aromatic carbocycles. The molecule has 0 fully saturated rings. The van der Waals surface area contributed by atoms with Crippen molar-refractivity contribution in [2.45, 2.75) is 18.6 Å². The minimum atomic E-state index is -0.842. The molecule has 0 saturated carbocycles. The highest BCUT2D eigenvalue weighted by atomic mass is 32.1. The van der Waals surface area contributed by atoms with E-state index in [9.17, 15) is 10.2 Å². The summed E-state index contributed by atoms with van der Waals surface area (Å²) in [6.07, 6.45) is -1.12. The van der Waals surface area contributed by atoms with E-state index in [1.54, 1.807) is 6.07 Å².